The van der Waals surface area contributed by atoms with Gasteiger partial charge in [0.25, 0.3) is 0 Å². The number of aromatic nitrogens is 4. The molecule has 4 aromatic heterocycles. The van der Waals surface area contributed by atoms with E-state index in [0.717, 1.165) is 39.1 Å². The molecular weight excluding hydrogens is 408 g/mol. The van der Waals surface area contributed by atoms with Gasteiger partial charge in [-0.25, -0.2) is 15.0 Å². The molecule has 0 aliphatic heterocycles. The number of fused-ring (bicyclic) bond motifs is 2. The van der Waals surface area contributed by atoms with E-state index in [1.54, 1.807) is 12.5 Å². The Hall–Kier alpha value is -4.50. The number of hydrogen-bond donors (Lipinski definition) is 0. The van der Waals surface area contributed by atoms with Crippen molar-refractivity contribution in [2.75, 3.05) is 14.1 Å². The van der Waals surface area contributed by atoms with Crippen molar-refractivity contribution in [1.82, 2.24) is 24.3 Å². The fourth-order valence-electron chi connectivity index (χ4n) is 3.70. The third-order valence-corrected chi connectivity index (χ3v) is 5.19. The van der Waals surface area contributed by atoms with Crippen LogP contribution in [0.3, 0.4) is 0 Å². The van der Waals surface area contributed by atoms with Crippen LogP contribution in [-0.4, -0.2) is 44.7 Å². The highest BCUT2D eigenvalue weighted by atomic mass is 15.1. The van der Waals surface area contributed by atoms with Gasteiger partial charge in [-0.3, -0.25) is 9.38 Å². The fourth-order valence-corrected chi connectivity index (χ4v) is 3.70. The number of pyridine rings is 3. The molecule has 0 fully saturated rings. The van der Waals surface area contributed by atoms with E-state index in [2.05, 4.69) is 26.2 Å². The van der Waals surface area contributed by atoms with Gasteiger partial charge in [0.15, 0.2) is 5.82 Å². The van der Waals surface area contributed by atoms with Gasteiger partial charge in [0, 0.05) is 43.0 Å². The zero-order valence-corrected chi connectivity index (χ0v) is 18.7. The van der Waals surface area contributed by atoms with Gasteiger partial charge in [0.2, 0.25) is 0 Å². The van der Waals surface area contributed by atoms with Crippen LogP contribution in [-0.2, 0) is 0 Å². The molecule has 6 heteroatoms. The normalized spacial score (nSPS) is 11.1. The summed E-state index contributed by atoms with van der Waals surface area (Å²) >= 11 is 0. The first-order valence-electron chi connectivity index (χ1n) is 10.6. The summed E-state index contributed by atoms with van der Waals surface area (Å²) in [6.07, 6.45) is 5.53. The largest absolute Gasteiger partial charge is 0.369 e. The van der Waals surface area contributed by atoms with E-state index < -0.39 is 0 Å². The maximum atomic E-state index is 4.77. The molecule has 33 heavy (non-hydrogen) atoms. The number of rotatable bonds is 3. The predicted molar refractivity (Wildman–Crippen MR) is 133 cm³/mol. The Morgan fingerprint density at radius 2 is 1.88 bits per heavy atom. The molecule has 5 rings (SSSR count). The summed E-state index contributed by atoms with van der Waals surface area (Å²) in [5, 5.41) is 1.06. The van der Waals surface area contributed by atoms with Gasteiger partial charge in [-0.15, -0.1) is 0 Å². The highest BCUT2D eigenvalue weighted by Gasteiger charge is 2.15. The molecule has 6 nitrogen and oxygen atoms in total. The van der Waals surface area contributed by atoms with E-state index >= 15 is 0 Å². The van der Waals surface area contributed by atoms with Crippen LogP contribution in [0, 0.1) is 18.8 Å². The average Bonchev–Trinajstić information content (AvgIpc) is 3.16. The lowest BCUT2D eigenvalue weighted by atomic mass is 10.1. The van der Waals surface area contributed by atoms with Crippen LogP contribution in [0.15, 0.2) is 78.0 Å². The first-order valence-corrected chi connectivity index (χ1v) is 10.6. The average molecular weight is 431 g/mol. The number of imidazole rings is 1. The monoisotopic (exact) mass is 430 g/mol. The number of hydrogen-bond acceptors (Lipinski definition) is 4. The second-order valence-corrected chi connectivity index (χ2v) is 7.91. The van der Waals surface area contributed by atoms with Crippen molar-refractivity contribution in [3.8, 4) is 23.1 Å². The fraction of sp³-hybridized carbons (Fsp3) is 0.111. The van der Waals surface area contributed by atoms with Crippen LogP contribution in [0.2, 0.25) is 0 Å². The molecule has 0 N–H and O–H groups in total. The molecule has 1 aromatic carbocycles. The minimum atomic E-state index is 0.603. The Morgan fingerprint density at radius 3 is 2.76 bits per heavy atom. The van der Waals surface area contributed by atoms with Crippen LogP contribution < -0.4 is 0 Å². The van der Waals surface area contributed by atoms with Gasteiger partial charge in [0.1, 0.15) is 11.3 Å². The topological polar surface area (TPSA) is 58.7 Å². The van der Waals surface area contributed by atoms with Crippen LogP contribution in [0.25, 0.3) is 27.8 Å². The summed E-state index contributed by atoms with van der Waals surface area (Å²) in [7, 11) is 3.85. The predicted octanol–water partition coefficient (Wildman–Crippen LogP) is 4.87. The summed E-state index contributed by atoms with van der Waals surface area (Å²) in [6, 6.07) is 19.9. The quantitative estimate of drug-likeness (QED) is 0.233. The smallest absolute Gasteiger partial charge is 0.155 e. The lowest BCUT2D eigenvalue weighted by Gasteiger charge is -2.07. The zero-order chi connectivity index (χ0) is 22.8. The van der Waals surface area contributed by atoms with Gasteiger partial charge in [-0.1, -0.05) is 18.1 Å². The van der Waals surface area contributed by atoms with Crippen molar-refractivity contribution in [1.29, 1.82) is 0 Å². The summed E-state index contributed by atoms with van der Waals surface area (Å²) in [5.41, 5.74) is 6.22. The third-order valence-electron chi connectivity index (χ3n) is 5.19. The van der Waals surface area contributed by atoms with E-state index in [1.165, 1.54) is 0 Å². The molecule has 4 heterocycles. The first kappa shape index (κ1) is 20.4. The standard InChI is InChI=1S/C27H22N6/c1-19-27(33-16-5-4-8-26(33)30-19)22-11-14-25(29-18-32(2)3)31-24(22)13-10-20-9-12-23-21(17-20)7-6-15-28-23/h4-9,11-12,14-18H,1-3H3/b29-18+. The van der Waals surface area contributed by atoms with Crippen LogP contribution in [0.5, 0.6) is 0 Å². The van der Waals surface area contributed by atoms with Gasteiger partial charge in [-0.2, -0.15) is 0 Å². The second-order valence-electron chi connectivity index (χ2n) is 7.91. The van der Waals surface area contributed by atoms with E-state index in [4.69, 9.17) is 9.97 Å². The highest BCUT2D eigenvalue weighted by molar-refractivity contribution is 5.80. The number of aryl methyl sites for hydroxylation is 1. The molecule has 5 aromatic rings. The Bertz CT molecular complexity index is 1570. The minimum absolute atomic E-state index is 0.603. The Morgan fingerprint density at radius 1 is 0.970 bits per heavy atom. The Kier molecular flexibility index (Phi) is 5.29. The van der Waals surface area contributed by atoms with Crippen molar-refractivity contribution in [2.45, 2.75) is 6.92 Å². The third kappa shape index (κ3) is 4.17. The number of benzene rings is 1. The molecule has 0 saturated carbocycles. The van der Waals surface area contributed by atoms with Crippen molar-refractivity contribution in [3.05, 3.63) is 90.0 Å². The molecule has 0 atom stereocenters. The highest BCUT2D eigenvalue weighted by Crippen LogP contribution is 2.28. The Labute approximate surface area is 192 Å². The number of aliphatic imine (C=N–C) groups is 1. The van der Waals surface area contributed by atoms with Gasteiger partial charge >= 0.3 is 0 Å². The zero-order valence-electron chi connectivity index (χ0n) is 18.7. The second kappa shape index (κ2) is 8.56. The van der Waals surface area contributed by atoms with E-state index in [0.29, 0.717) is 11.5 Å². The van der Waals surface area contributed by atoms with E-state index in [-0.39, 0.29) is 0 Å². The molecule has 0 amide bonds. The lowest BCUT2D eigenvalue weighted by molar-refractivity contribution is 0.643. The molecule has 0 spiro atoms. The first-order chi connectivity index (χ1) is 16.1. The van der Waals surface area contributed by atoms with Crippen LogP contribution in [0.4, 0.5) is 5.82 Å². The van der Waals surface area contributed by atoms with Crippen LogP contribution in [0.1, 0.15) is 17.0 Å². The van der Waals surface area contributed by atoms with Crippen LogP contribution >= 0.6 is 0 Å². The molecule has 0 aliphatic carbocycles. The minimum Gasteiger partial charge on any atom is -0.369 e. The number of nitrogens with zero attached hydrogens (tertiary/aromatic N) is 6. The summed E-state index contributed by atoms with van der Waals surface area (Å²) in [4.78, 5) is 20.2. The SMILES string of the molecule is Cc1nc2ccccn2c1-c1ccc(/N=C/N(C)C)nc1C#Cc1ccc2ncccc2c1. The van der Waals surface area contributed by atoms with Gasteiger partial charge in [0.05, 0.1) is 23.2 Å². The van der Waals surface area contributed by atoms with Crippen molar-refractivity contribution in [3.63, 3.8) is 0 Å². The summed E-state index contributed by atoms with van der Waals surface area (Å²) < 4.78 is 2.07. The maximum absolute atomic E-state index is 4.77. The lowest BCUT2D eigenvalue weighted by Crippen LogP contribution is -2.07. The molecule has 160 valence electrons. The van der Waals surface area contributed by atoms with E-state index in [9.17, 15) is 0 Å². The van der Waals surface area contributed by atoms with Crippen molar-refractivity contribution in [2.24, 2.45) is 4.99 Å². The van der Waals surface area contributed by atoms with Gasteiger partial charge in [-0.05, 0) is 61.4 Å². The maximum Gasteiger partial charge on any atom is 0.155 e. The van der Waals surface area contributed by atoms with Gasteiger partial charge < -0.3 is 4.90 Å². The van der Waals surface area contributed by atoms with Crippen molar-refractivity contribution < 1.29 is 0 Å². The molecular formula is C27H22N6. The molecule has 0 bridgehead atoms. The van der Waals surface area contributed by atoms with Crippen molar-refractivity contribution >= 4 is 28.7 Å². The Balaban J connectivity index is 1.66. The van der Waals surface area contributed by atoms with E-state index in [1.807, 2.05) is 92.8 Å². The molecule has 0 unspecified atom stereocenters. The summed E-state index contributed by atoms with van der Waals surface area (Å²) in [5.74, 6) is 7.18. The molecule has 0 aliphatic rings. The summed E-state index contributed by atoms with van der Waals surface area (Å²) in [6.45, 7) is 2.01. The molecule has 0 radical (unpaired) electrons. The molecule has 0 saturated heterocycles.